The minimum absolute atomic E-state index is 0.152. The molecule has 1 unspecified atom stereocenters. The molecular formula is C14H23ClN2. The van der Waals surface area contributed by atoms with Crippen molar-refractivity contribution < 1.29 is 0 Å². The van der Waals surface area contributed by atoms with Gasteiger partial charge in [-0.15, -0.1) is 0 Å². The lowest BCUT2D eigenvalue weighted by molar-refractivity contribution is 0.635. The fourth-order valence-corrected chi connectivity index (χ4v) is 2.48. The van der Waals surface area contributed by atoms with Gasteiger partial charge in [0.05, 0.1) is 10.7 Å². The van der Waals surface area contributed by atoms with Gasteiger partial charge in [-0.3, -0.25) is 0 Å². The normalized spacial score (nSPS) is 12.9. The summed E-state index contributed by atoms with van der Waals surface area (Å²) in [7, 11) is 2.09. The maximum atomic E-state index is 6.31. The van der Waals surface area contributed by atoms with E-state index in [-0.39, 0.29) is 6.04 Å². The third-order valence-electron chi connectivity index (χ3n) is 2.63. The molecule has 1 aromatic rings. The van der Waals surface area contributed by atoms with Gasteiger partial charge >= 0.3 is 0 Å². The topological polar surface area (TPSA) is 29.3 Å². The average Bonchev–Trinajstić information content (AvgIpc) is 2.14. The van der Waals surface area contributed by atoms with Crippen LogP contribution in [0, 0.1) is 5.92 Å². The summed E-state index contributed by atoms with van der Waals surface area (Å²) in [5.41, 5.74) is 8.24. The quantitative estimate of drug-likeness (QED) is 0.874. The fraction of sp³-hybridized carbons (Fsp3) is 0.571. The predicted molar refractivity (Wildman–Crippen MR) is 76.9 cm³/mol. The van der Waals surface area contributed by atoms with Gasteiger partial charge in [-0.25, -0.2) is 0 Å². The van der Waals surface area contributed by atoms with Crippen LogP contribution in [0.4, 0.5) is 5.69 Å². The van der Waals surface area contributed by atoms with Crippen LogP contribution < -0.4 is 10.6 Å². The Morgan fingerprint density at radius 2 is 1.94 bits per heavy atom. The lowest BCUT2D eigenvalue weighted by Gasteiger charge is -2.26. The summed E-state index contributed by atoms with van der Waals surface area (Å²) in [6.45, 7) is 7.43. The van der Waals surface area contributed by atoms with E-state index in [0.29, 0.717) is 5.92 Å². The third-order valence-corrected chi connectivity index (χ3v) is 2.94. The van der Waals surface area contributed by atoms with E-state index in [1.54, 1.807) is 0 Å². The molecule has 96 valence electrons. The molecule has 0 saturated heterocycles. The van der Waals surface area contributed by atoms with E-state index in [2.05, 4.69) is 31.9 Å². The summed E-state index contributed by atoms with van der Waals surface area (Å²) >= 11 is 6.31. The van der Waals surface area contributed by atoms with E-state index in [1.807, 2.05) is 19.1 Å². The Morgan fingerprint density at radius 3 is 2.47 bits per heavy atom. The van der Waals surface area contributed by atoms with Gasteiger partial charge in [0.15, 0.2) is 0 Å². The van der Waals surface area contributed by atoms with Crippen LogP contribution in [0.1, 0.15) is 26.3 Å². The Bertz CT molecular complexity index is 361. The van der Waals surface area contributed by atoms with Crippen LogP contribution >= 0.6 is 11.6 Å². The van der Waals surface area contributed by atoms with Gasteiger partial charge in [-0.1, -0.05) is 37.6 Å². The molecule has 1 atom stereocenters. The van der Waals surface area contributed by atoms with Crippen LogP contribution in [-0.2, 0) is 6.42 Å². The second kappa shape index (κ2) is 6.27. The molecule has 0 spiro atoms. The van der Waals surface area contributed by atoms with Gasteiger partial charge in [0.1, 0.15) is 0 Å². The maximum absolute atomic E-state index is 6.31. The van der Waals surface area contributed by atoms with Crippen LogP contribution in [0.2, 0.25) is 5.02 Å². The highest BCUT2D eigenvalue weighted by molar-refractivity contribution is 6.33. The molecule has 0 saturated carbocycles. The fourth-order valence-electron chi connectivity index (χ4n) is 2.14. The molecular weight excluding hydrogens is 232 g/mol. The van der Waals surface area contributed by atoms with E-state index in [0.717, 1.165) is 23.7 Å². The van der Waals surface area contributed by atoms with Gasteiger partial charge in [0, 0.05) is 19.6 Å². The molecule has 0 aliphatic rings. The largest absolute Gasteiger partial charge is 0.373 e. The summed E-state index contributed by atoms with van der Waals surface area (Å²) in [4.78, 5) is 2.23. The highest BCUT2D eigenvalue weighted by Crippen LogP contribution is 2.30. The first-order chi connectivity index (χ1) is 7.91. The summed E-state index contributed by atoms with van der Waals surface area (Å²) in [6.07, 6.45) is 0.859. The van der Waals surface area contributed by atoms with Gasteiger partial charge in [0.25, 0.3) is 0 Å². The van der Waals surface area contributed by atoms with Gasteiger partial charge in [-0.2, -0.15) is 0 Å². The summed E-state index contributed by atoms with van der Waals surface area (Å²) in [6, 6.07) is 6.20. The zero-order valence-electron chi connectivity index (χ0n) is 11.2. The number of hydrogen-bond acceptors (Lipinski definition) is 2. The lowest BCUT2D eigenvalue weighted by atomic mass is 10.0. The summed E-state index contributed by atoms with van der Waals surface area (Å²) in [5, 5.41) is 0.811. The van der Waals surface area contributed by atoms with Crippen LogP contribution in [0.5, 0.6) is 0 Å². The molecule has 2 nitrogen and oxygen atoms in total. The minimum atomic E-state index is 0.152. The first kappa shape index (κ1) is 14.3. The van der Waals surface area contributed by atoms with Crippen LogP contribution in [0.3, 0.4) is 0 Å². The van der Waals surface area contributed by atoms with Crippen LogP contribution in [0.15, 0.2) is 18.2 Å². The Labute approximate surface area is 110 Å². The van der Waals surface area contributed by atoms with Crippen molar-refractivity contribution in [3.8, 4) is 0 Å². The van der Waals surface area contributed by atoms with Crippen LogP contribution in [0.25, 0.3) is 0 Å². The first-order valence-corrected chi connectivity index (χ1v) is 6.53. The molecule has 0 fully saturated rings. The number of hydrogen-bond donors (Lipinski definition) is 1. The average molecular weight is 255 g/mol. The van der Waals surface area contributed by atoms with E-state index in [9.17, 15) is 0 Å². The van der Waals surface area contributed by atoms with E-state index < -0.39 is 0 Å². The van der Waals surface area contributed by atoms with Gasteiger partial charge in [0.2, 0.25) is 0 Å². The molecule has 3 heteroatoms. The van der Waals surface area contributed by atoms with Crippen molar-refractivity contribution in [3.63, 3.8) is 0 Å². The zero-order chi connectivity index (χ0) is 13.0. The smallest absolute Gasteiger partial charge is 0.0642 e. The van der Waals surface area contributed by atoms with Gasteiger partial charge < -0.3 is 10.6 Å². The SMILES string of the molecule is CC(C)CN(C)c1c(Cl)cccc1CC(C)N. The van der Waals surface area contributed by atoms with E-state index >= 15 is 0 Å². The Kier molecular flexibility index (Phi) is 5.29. The summed E-state index contributed by atoms with van der Waals surface area (Å²) < 4.78 is 0. The van der Waals surface area contributed by atoms with Crippen molar-refractivity contribution in [3.05, 3.63) is 28.8 Å². The minimum Gasteiger partial charge on any atom is -0.373 e. The molecule has 0 aromatic heterocycles. The molecule has 1 rings (SSSR count). The first-order valence-electron chi connectivity index (χ1n) is 6.16. The molecule has 0 radical (unpaired) electrons. The Morgan fingerprint density at radius 1 is 1.29 bits per heavy atom. The Hall–Kier alpha value is -0.730. The van der Waals surface area contributed by atoms with Gasteiger partial charge in [-0.05, 0) is 30.9 Å². The third kappa shape index (κ3) is 4.21. The van der Waals surface area contributed by atoms with Crippen molar-refractivity contribution in [1.82, 2.24) is 0 Å². The number of rotatable bonds is 5. The molecule has 0 aliphatic heterocycles. The van der Waals surface area contributed by atoms with Crippen LogP contribution in [-0.4, -0.2) is 19.6 Å². The molecule has 2 N–H and O–H groups in total. The van der Waals surface area contributed by atoms with E-state index in [4.69, 9.17) is 17.3 Å². The second-order valence-corrected chi connectivity index (χ2v) is 5.61. The van der Waals surface area contributed by atoms with E-state index in [1.165, 1.54) is 5.56 Å². The number of anilines is 1. The maximum Gasteiger partial charge on any atom is 0.0642 e. The number of para-hydroxylation sites is 1. The van der Waals surface area contributed by atoms with Crippen molar-refractivity contribution in [2.24, 2.45) is 11.7 Å². The monoisotopic (exact) mass is 254 g/mol. The van der Waals surface area contributed by atoms with Crippen molar-refractivity contribution in [2.75, 3.05) is 18.5 Å². The molecule has 0 amide bonds. The molecule has 17 heavy (non-hydrogen) atoms. The number of nitrogens with two attached hydrogens (primary N) is 1. The van der Waals surface area contributed by atoms with Crippen molar-refractivity contribution >= 4 is 17.3 Å². The second-order valence-electron chi connectivity index (χ2n) is 5.20. The highest BCUT2D eigenvalue weighted by atomic mass is 35.5. The summed E-state index contributed by atoms with van der Waals surface area (Å²) in [5.74, 6) is 0.611. The molecule has 0 bridgehead atoms. The zero-order valence-corrected chi connectivity index (χ0v) is 12.0. The highest BCUT2D eigenvalue weighted by Gasteiger charge is 2.13. The molecule has 0 aliphatic carbocycles. The van der Waals surface area contributed by atoms with Crippen molar-refractivity contribution in [1.29, 1.82) is 0 Å². The van der Waals surface area contributed by atoms with Crippen molar-refractivity contribution in [2.45, 2.75) is 33.2 Å². The Balaban J connectivity index is 3.02. The number of halogens is 1. The number of nitrogens with zero attached hydrogens (tertiary/aromatic N) is 1. The lowest BCUT2D eigenvalue weighted by Crippen LogP contribution is -2.26. The molecule has 0 heterocycles. The standard InChI is InChI=1S/C14H23ClN2/c1-10(2)9-17(4)14-12(8-11(3)16)6-5-7-13(14)15/h5-7,10-11H,8-9,16H2,1-4H3. The predicted octanol–water partition coefficient (Wildman–Crippen LogP) is 3.32. The molecule has 1 aromatic carbocycles. The number of benzene rings is 1.